The van der Waals surface area contributed by atoms with Crippen LogP contribution in [0.25, 0.3) is 0 Å². The lowest BCUT2D eigenvalue weighted by Crippen LogP contribution is -2.41. The molecule has 0 spiro atoms. The van der Waals surface area contributed by atoms with E-state index >= 15 is 0 Å². The molecule has 7 nitrogen and oxygen atoms in total. The number of benzene rings is 1. The van der Waals surface area contributed by atoms with Gasteiger partial charge in [-0.3, -0.25) is 0 Å². The highest BCUT2D eigenvalue weighted by Gasteiger charge is 2.51. The van der Waals surface area contributed by atoms with Gasteiger partial charge in [0.05, 0.1) is 24.9 Å². The first-order chi connectivity index (χ1) is 12.1. The highest BCUT2D eigenvalue weighted by molar-refractivity contribution is 6.62. The van der Waals surface area contributed by atoms with Crippen LogP contribution in [0.2, 0.25) is 0 Å². The van der Waals surface area contributed by atoms with Gasteiger partial charge in [-0.05, 0) is 51.2 Å². The Labute approximate surface area is 154 Å². The fourth-order valence-electron chi connectivity index (χ4n) is 2.93. The smallest absolute Gasteiger partial charge is 0.467 e. The molecule has 0 saturated carbocycles. The van der Waals surface area contributed by atoms with Gasteiger partial charge in [-0.25, -0.2) is 14.0 Å². The molecule has 8 heteroatoms. The standard InChI is InChI=1S/C18H26BN3O4/c1-12-8-9-14(19-25-17(2,3)18(4,5)26-19)10-13(12)11-22-15(24-7)20-21(6)16(22)23/h8-10H,11H2,1-7H3. The van der Waals surface area contributed by atoms with E-state index in [1.807, 2.05) is 52.8 Å². The maximum atomic E-state index is 12.3. The van der Waals surface area contributed by atoms with Crippen LogP contribution in [-0.4, -0.2) is 39.8 Å². The molecule has 0 N–H and O–H groups in total. The average molecular weight is 359 g/mol. The molecule has 0 aliphatic carbocycles. The Morgan fingerprint density at radius 3 is 2.38 bits per heavy atom. The highest BCUT2D eigenvalue weighted by atomic mass is 16.7. The lowest BCUT2D eigenvalue weighted by molar-refractivity contribution is 0.00578. The summed E-state index contributed by atoms with van der Waals surface area (Å²) in [4.78, 5) is 12.3. The van der Waals surface area contributed by atoms with E-state index in [0.29, 0.717) is 6.54 Å². The summed E-state index contributed by atoms with van der Waals surface area (Å²) in [6.07, 6.45) is 0. The minimum absolute atomic E-state index is 0.220. The normalized spacial score (nSPS) is 18.3. The molecule has 0 unspecified atom stereocenters. The van der Waals surface area contributed by atoms with Crippen molar-refractivity contribution in [1.29, 1.82) is 0 Å². The van der Waals surface area contributed by atoms with Gasteiger partial charge in [0, 0.05) is 7.05 Å². The highest BCUT2D eigenvalue weighted by Crippen LogP contribution is 2.36. The molecule has 0 amide bonds. The Morgan fingerprint density at radius 2 is 1.81 bits per heavy atom. The maximum absolute atomic E-state index is 12.3. The summed E-state index contributed by atoms with van der Waals surface area (Å²) in [6, 6.07) is 6.34. The minimum atomic E-state index is -0.438. The molecule has 140 valence electrons. The molecule has 0 bridgehead atoms. The largest absolute Gasteiger partial charge is 0.494 e. The predicted molar refractivity (Wildman–Crippen MR) is 100 cm³/mol. The van der Waals surface area contributed by atoms with Crippen LogP contribution in [0.15, 0.2) is 23.0 Å². The number of rotatable bonds is 4. The van der Waals surface area contributed by atoms with Gasteiger partial charge < -0.3 is 14.0 Å². The summed E-state index contributed by atoms with van der Waals surface area (Å²) >= 11 is 0. The van der Waals surface area contributed by atoms with E-state index in [1.165, 1.54) is 16.4 Å². The second-order valence-electron chi connectivity index (χ2n) is 7.75. The van der Waals surface area contributed by atoms with Crippen LogP contribution in [0, 0.1) is 6.92 Å². The molecule has 1 aromatic heterocycles. The van der Waals surface area contributed by atoms with E-state index in [2.05, 4.69) is 5.10 Å². The van der Waals surface area contributed by atoms with Crippen LogP contribution in [-0.2, 0) is 22.9 Å². The fourth-order valence-corrected chi connectivity index (χ4v) is 2.93. The third kappa shape index (κ3) is 3.08. The van der Waals surface area contributed by atoms with Crippen molar-refractivity contribution >= 4 is 12.6 Å². The monoisotopic (exact) mass is 359 g/mol. The molecule has 1 aliphatic rings. The van der Waals surface area contributed by atoms with Crippen LogP contribution >= 0.6 is 0 Å². The van der Waals surface area contributed by atoms with E-state index in [9.17, 15) is 4.79 Å². The summed E-state index contributed by atoms with van der Waals surface area (Å²) in [5, 5.41) is 4.09. The van der Waals surface area contributed by atoms with E-state index < -0.39 is 18.3 Å². The third-order valence-corrected chi connectivity index (χ3v) is 5.38. The summed E-state index contributed by atoms with van der Waals surface area (Å²) in [7, 11) is 2.67. The molecule has 26 heavy (non-hydrogen) atoms. The number of nitrogens with zero attached hydrogens (tertiary/aromatic N) is 3. The molecule has 2 aromatic rings. The van der Waals surface area contributed by atoms with Crippen LogP contribution in [0.3, 0.4) is 0 Å². The zero-order valence-corrected chi connectivity index (χ0v) is 16.5. The summed E-state index contributed by atoms with van der Waals surface area (Å²) in [5.74, 6) is 0. The minimum Gasteiger partial charge on any atom is -0.467 e. The molecule has 2 heterocycles. The molecule has 0 atom stereocenters. The van der Waals surface area contributed by atoms with Crippen molar-refractivity contribution in [2.75, 3.05) is 7.11 Å². The van der Waals surface area contributed by atoms with Gasteiger partial charge in [-0.2, -0.15) is 0 Å². The van der Waals surface area contributed by atoms with Crippen molar-refractivity contribution in [3.8, 4) is 6.01 Å². The van der Waals surface area contributed by atoms with Gasteiger partial charge in [0.2, 0.25) is 0 Å². The van der Waals surface area contributed by atoms with Crippen molar-refractivity contribution in [2.24, 2.45) is 7.05 Å². The Hall–Kier alpha value is -2.06. The van der Waals surface area contributed by atoms with Crippen molar-refractivity contribution in [2.45, 2.75) is 52.4 Å². The molecular formula is C18H26BN3O4. The van der Waals surface area contributed by atoms with Gasteiger partial charge in [0.1, 0.15) is 0 Å². The third-order valence-electron chi connectivity index (χ3n) is 5.38. The van der Waals surface area contributed by atoms with Crippen LogP contribution in [0.5, 0.6) is 6.01 Å². The number of hydrogen-bond donors (Lipinski definition) is 0. The molecule has 0 radical (unpaired) electrons. The lowest BCUT2D eigenvalue weighted by Gasteiger charge is -2.32. The summed E-state index contributed by atoms with van der Waals surface area (Å²) in [6.45, 7) is 10.5. The first-order valence-corrected chi connectivity index (χ1v) is 8.68. The maximum Gasteiger partial charge on any atom is 0.494 e. The molecule has 3 rings (SSSR count). The second-order valence-corrected chi connectivity index (χ2v) is 7.75. The second kappa shape index (κ2) is 6.28. The van der Waals surface area contributed by atoms with Crippen LogP contribution < -0.4 is 15.9 Å². The molecule has 1 fully saturated rings. The summed E-state index contributed by atoms with van der Waals surface area (Å²) in [5.41, 5.74) is 1.98. The van der Waals surface area contributed by atoms with Gasteiger partial charge >= 0.3 is 18.8 Å². The van der Waals surface area contributed by atoms with Crippen molar-refractivity contribution in [3.05, 3.63) is 39.8 Å². The van der Waals surface area contributed by atoms with Gasteiger partial charge in [-0.1, -0.05) is 18.2 Å². The van der Waals surface area contributed by atoms with E-state index in [0.717, 1.165) is 16.6 Å². The van der Waals surface area contributed by atoms with Crippen LogP contribution in [0.4, 0.5) is 0 Å². The zero-order valence-electron chi connectivity index (χ0n) is 16.5. The van der Waals surface area contributed by atoms with Crippen molar-refractivity contribution in [3.63, 3.8) is 0 Å². The fraction of sp³-hybridized carbons (Fsp3) is 0.556. The van der Waals surface area contributed by atoms with E-state index in [1.54, 1.807) is 7.05 Å². The quantitative estimate of drug-likeness (QED) is 0.769. The number of ether oxygens (including phenoxy) is 1. The number of aromatic nitrogens is 3. The molecule has 1 saturated heterocycles. The molecular weight excluding hydrogens is 333 g/mol. The molecule has 1 aliphatic heterocycles. The van der Waals surface area contributed by atoms with E-state index in [4.69, 9.17) is 14.0 Å². The van der Waals surface area contributed by atoms with Crippen molar-refractivity contribution < 1.29 is 14.0 Å². The average Bonchev–Trinajstić information content (AvgIpc) is 2.95. The van der Waals surface area contributed by atoms with E-state index in [-0.39, 0.29) is 11.7 Å². The Kier molecular flexibility index (Phi) is 4.52. The first kappa shape index (κ1) is 18.7. The Bertz CT molecular complexity index is 869. The Morgan fingerprint density at radius 1 is 1.19 bits per heavy atom. The zero-order chi connectivity index (χ0) is 19.3. The Balaban J connectivity index is 1.94. The summed E-state index contributed by atoms with van der Waals surface area (Å²) < 4.78 is 20.3. The van der Waals surface area contributed by atoms with Crippen molar-refractivity contribution in [1.82, 2.24) is 14.3 Å². The van der Waals surface area contributed by atoms with Gasteiger partial charge in [-0.15, -0.1) is 5.10 Å². The lowest BCUT2D eigenvalue weighted by atomic mass is 9.78. The first-order valence-electron chi connectivity index (χ1n) is 8.68. The number of hydrogen-bond acceptors (Lipinski definition) is 5. The SMILES string of the molecule is COc1nn(C)c(=O)n1Cc1cc(B2OC(C)(C)C(C)(C)O2)ccc1C. The van der Waals surface area contributed by atoms with Crippen LogP contribution in [0.1, 0.15) is 38.8 Å². The topological polar surface area (TPSA) is 67.5 Å². The number of aryl methyl sites for hydroxylation is 2. The van der Waals surface area contributed by atoms with Gasteiger partial charge in [0.25, 0.3) is 0 Å². The number of methoxy groups -OCH3 is 1. The molecule has 1 aromatic carbocycles. The van der Waals surface area contributed by atoms with Gasteiger partial charge in [0.15, 0.2) is 0 Å². The predicted octanol–water partition coefficient (Wildman–Crippen LogP) is 1.25.